The van der Waals surface area contributed by atoms with Crippen LogP contribution in [-0.2, 0) is 16.1 Å². The number of aryl methyl sites for hydroxylation is 1. The molecule has 0 spiro atoms. The number of amides is 1. The summed E-state index contributed by atoms with van der Waals surface area (Å²) in [6, 6.07) is 17.3. The Kier molecular flexibility index (Phi) is 7.85. The topological polar surface area (TPSA) is 115 Å². The molecule has 0 radical (unpaired) electrons. The van der Waals surface area contributed by atoms with Crippen LogP contribution in [-0.4, -0.2) is 23.7 Å². The predicted octanol–water partition coefficient (Wildman–Crippen LogP) is 5.35. The molecule has 4 rings (SSSR count). The van der Waals surface area contributed by atoms with Gasteiger partial charge in [-0.1, -0.05) is 48.9 Å². The van der Waals surface area contributed by atoms with E-state index in [4.69, 9.17) is 13.9 Å². The second-order valence-corrected chi connectivity index (χ2v) is 8.47. The number of esters is 1. The molecule has 0 aliphatic heterocycles. The highest BCUT2D eigenvalue weighted by Gasteiger charge is 2.16. The van der Waals surface area contributed by atoms with Crippen LogP contribution in [0.2, 0.25) is 0 Å². The van der Waals surface area contributed by atoms with Gasteiger partial charge in [0.15, 0.2) is 0 Å². The van der Waals surface area contributed by atoms with Gasteiger partial charge in [-0.3, -0.25) is 9.59 Å². The number of phenolic OH excluding ortho intramolecular Hbond substituents is 1. The maximum absolute atomic E-state index is 12.8. The zero-order valence-electron chi connectivity index (χ0n) is 19.9. The molecule has 4 aromatic rings. The van der Waals surface area contributed by atoms with Gasteiger partial charge in [0.1, 0.15) is 34.7 Å². The van der Waals surface area contributed by atoms with E-state index in [9.17, 15) is 19.5 Å². The lowest BCUT2D eigenvalue weighted by molar-refractivity contribution is -0.134. The summed E-state index contributed by atoms with van der Waals surface area (Å²) >= 11 is 0. The van der Waals surface area contributed by atoms with Crippen LogP contribution in [0.3, 0.4) is 0 Å². The van der Waals surface area contributed by atoms with Crippen molar-refractivity contribution in [1.82, 2.24) is 5.32 Å². The van der Waals surface area contributed by atoms with Crippen LogP contribution in [0.4, 0.5) is 4.79 Å². The number of nitrogens with one attached hydrogen (secondary N) is 1. The average Bonchev–Trinajstić information content (AvgIpc) is 2.86. The molecule has 36 heavy (non-hydrogen) atoms. The Morgan fingerprint density at radius 3 is 2.61 bits per heavy atom. The number of rotatable bonds is 9. The van der Waals surface area contributed by atoms with E-state index >= 15 is 0 Å². The lowest BCUT2D eigenvalue weighted by Crippen LogP contribution is -2.25. The highest BCUT2D eigenvalue weighted by Crippen LogP contribution is 2.31. The van der Waals surface area contributed by atoms with Gasteiger partial charge in [0.05, 0.1) is 5.39 Å². The summed E-state index contributed by atoms with van der Waals surface area (Å²) in [5.41, 5.74) is 1.93. The fourth-order valence-corrected chi connectivity index (χ4v) is 3.87. The predicted molar refractivity (Wildman–Crippen MR) is 135 cm³/mol. The molecule has 0 unspecified atom stereocenters. The molecule has 0 aliphatic carbocycles. The first-order valence-corrected chi connectivity index (χ1v) is 11.8. The summed E-state index contributed by atoms with van der Waals surface area (Å²) in [6.45, 7) is 2.47. The molecule has 8 heteroatoms. The van der Waals surface area contributed by atoms with Gasteiger partial charge in [-0.15, -0.1) is 0 Å². The standard InChI is InChI=1S/C28H27NO7/c1-18-9-8-12-21-26(32)25-22(30)15-20(16-23(25)36-27(18)21)35-24(31)13-6-3-7-14-29-28(33)34-17-19-10-4-2-5-11-19/h2,4-5,8-12,15-16,30H,3,6-7,13-14,17H2,1H3,(H,29,33). The summed E-state index contributed by atoms with van der Waals surface area (Å²) < 4.78 is 16.4. The number of ether oxygens (including phenoxy) is 2. The number of carbonyl (C=O) groups excluding carboxylic acids is 2. The molecule has 0 atom stereocenters. The molecule has 0 aliphatic rings. The molecule has 8 nitrogen and oxygen atoms in total. The number of hydrogen-bond donors (Lipinski definition) is 2. The summed E-state index contributed by atoms with van der Waals surface area (Å²) in [7, 11) is 0. The Bertz CT molecular complexity index is 1440. The van der Waals surface area contributed by atoms with Gasteiger partial charge < -0.3 is 24.3 Å². The smallest absolute Gasteiger partial charge is 0.407 e. The number of phenols is 1. The summed E-state index contributed by atoms with van der Waals surface area (Å²) in [5.74, 6) is -0.676. The maximum Gasteiger partial charge on any atom is 0.407 e. The Balaban J connectivity index is 1.23. The Labute approximate surface area is 207 Å². The monoisotopic (exact) mass is 489 g/mol. The number of carbonyl (C=O) groups is 2. The Hall–Kier alpha value is -4.33. The van der Waals surface area contributed by atoms with Crippen LogP contribution in [0.25, 0.3) is 21.9 Å². The summed E-state index contributed by atoms with van der Waals surface area (Å²) in [5, 5.41) is 13.5. The van der Waals surface area contributed by atoms with Gasteiger partial charge in [-0.25, -0.2) is 4.79 Å². The fourth-order valence-electron chi connectivity index (χ4n) is 3.87. The lowest BCUT2D eigenvalue weighted by atomic mass is 10.1. The molecular formula is C28H27NO7. The lowest BCUT2D eigenvalue weighted by Gasteiger charge is -2.09. The first kappa shape index (κ1) is 24.8. The number of hydrogen-bond acceptors (Lipinski definition) is 7. The van der Waals surface area contributed by atoms with Crippen molar-refractivity contribution >= 4 is 34.0 Å². The van der Waals surface area contributed by atoms with Gasteiger partial charge in [0, 0.05) is 25.1 Å². The minimum atomic E-state index is -0.482. The van der Waals surface area contributed by atoms with Crippen molar-refractivity contribution in [2.24, 2.45) is 0 Å². The third-order valence-electron chi connectivity index (χ3n) is 5.72. The van der Waals surface area contributed by atoms with Crippen LogP contribution in [0, 0.1) is 6.92 Å². The van der Waals surface area contributed by atoms with Gasteiger partial charge in [0.2, 0.25) is 5.43 Å². The van der Waals surface area contributed by atoms with Gasteiger partial charge in [-0.05, 0) is 37.0 Å². The quantitative estimate of drug-likeness (QED) is 0.141. The van der Waals surface area contributed by atoms with Crippen molar-refractivity contribution < 1.29 is 28.6 Å². The van der Waals surface area contributed by atoms with E-state index in [-0.39, 0.29) is 40.9 Å². The molecule has 1 aromatic heterocycles. The highest BCUT2D eigenvalue weighted by atomic mass is 16.5. The zero-order chi connectivity index (χ0) is 25.5. The summed E-state index contributed by atoms with van der Waals surface area (Å²) in [6.07, 6.45) is 1.64. The number of para-hydroxylation sites is 1. The number of alkyl carbamates (subject to hydrolysis) is 1. The van der Waals surface area contributed by atoms with E-state index in [0.29, 0.717) is 36.8 Å². The van der Waals surface area contributed by atoms with E-state index in [0.717, 1.165) is 11.1 Å². The van der Waals surface area contributed by atoms with E-state index in [2.05, 4.69) is 5.32 Å². The van der Waals surface area contributed by atoms with Gasteiger partial charge in [0.25, 0.3) is 0 Å². The minimum absolute atomic E-state index is 0.0442. The highest BCUT2D eigenvalue weighted by molar-refractivity contribution is 5.95. The molecule has 0 fully saturated rings. The molecule has 2 N–H and O–H groups in total. The van der Waals surface area contributed by atoms with Crippen molar-refractivity contribution in [2.75, 3.05) is 6.54 Å². The number of unbranched alkanes of at least 4 members (excludes halogenated alkanes) is 2. The molecule has 186 valence electrons. The third kappa shape index (κ3) is 6.02. The normalized spacial score (nSPS) is 10.9. The van der Waals surface area contributed by atoms with Gasteiger partial charge >= 0.3 is 12.1 Å². The second kappa shape index (κ2) is 11.4. The Morgan fingerprint density at radius 1 is 1.00 bits per heavy atom. The van der Waals surface area contributed by atoms with Crippen molar-refractivity contribution in [3.63, 3.8) is 0 Å². The zero-order valence-corrected chi connectivity index (χ0v) is 19.9. The Morgan fingerprint density at radius 2 is 1.81 bits per heavy atom. The van der Waals surface area contributed by atoms with Crippen LogP contribution in [0.15, 0.2) is 69.9 Å². The van der Waals surface area contributed by atoms with E-state index < -0.39 is 12.1 Å². The minimum Gasteiger partial charge on any atom is -0.507 e. The number of aromatic hydroxyl groups is 1. The molecular weight excluding hydrogens is 462 g/mol. The SMILES string of the molecule is Cc1cccc2c(=O)c3c(O)cc(OC(=O)CCCCCNC(=O)OCc4ccccc4)cc3oc12. The first-order chi connectivity index (χ1) is 17.4. The van der Waals surface area contributed by atoms with Crippen molar-refractivity contribution in [2.45, 2.75) is 39.2 Å². The second-order valence-electron chi connectivity index (χ2n) is 8.47. The van der Waals surface area contributed by atoms with E-state index in [1.807, 2.05) is 43.3 Å². The van der Waals surface area contributed by atoms with Crippen LogP contribution >= 0.6 is 0 Å². The molecule has 1 amide bonds. The molecule has 3 aromatic carbocycles. The molecule has 0 saturated carbocycles. The molecule has 0 bridgehead atoms. The van der Waals surface area contributed by atoms with E-state index in [1.165, 1.54) is 12.1 Å². The largest absolute Gasteiger partial charge is 0.507 e. The summed E-state index contributed by atoms with van der Waals surface area (Å²) in [4.78, 5) is 36.8. The van der Waals surface area contributed by atoms with Crippen molar-refractivity contribution in [3.8, 4) is 11.5 Å². The van der Waals surface area contributed by atoms with Crippen molar-refractivity contribution in [3.05, 3.63) is 82.0 Å². The van der Waals surface area contributed by atoms with Crippen LogP contribution < -0.4 is 15.5 Å². The van der Waals surface area contributed by atoms with Crippen molar-refractivity contribution in [1.29, 1.82) is 0 Å². The number of fused-ring (bicyclic) bond motifs is 2. The van der Waals surface area contributed by atoms with Crippen LogP contribution in [0.1, 0.15) is 36.8 Å². The third-order valence-corrected chi connectivity index (χ3v) is 5.72. The maximum atomic E-state index is 12.8. The number of benzene rings is 3. The van der Waals surface area contributed by atoms with Crippen LogP contribution in [0.5, 0.6) is 11.5 Å². The fraction of sp³-hybridized carbons (Fsp3) is 0.250. The molecule has 1 heterocycles. The average molecular weight is 490 g/mol. The first-order valence-electron chi connectivity index (χ1n) is 11.8. The van der Waals surface area contributed by atoms with Gasteiger partial charge in [-0.2, -0.15) is 0 Å². The van der Waals surface area contributed by atoms with E-state index in [1.54, 1.807) is 12.1 Å². The molecule has 0 saturated heterocycles.